The second-order valence-electron chi connectivity index (χ2n) is 4.21. The highest BCUT2D eigenvalue weighted by Crippen LogP contribution is 2.23. The van der Waals surface area contributed by atoms with Crippen molar-refractivity contribution in [1.82, 2.24) is 9.97 Å². The number of rotatable bonds is 2. The summed E-state index contributed by atoms with van der Waals surface area (Å²) in [6.07, 6.45) is 3.04. The summed E-state index contributed by atoms with van der Waals surface area (Å²) in [5.41, 5.74) is 1.48. The van der Waals surface area contributed by atoms with Gasteiger partial charge in [-0.25, -0.2) is 4.98 Å². The summed E-state index contributed by atoms with van der Waals surface area (Å²) >= 11 is 12.0. The van der Waals surface area contributed by atoms with Crippen LogP contribution in [0.4, 0.5) is 0 Å². The lowest BCUT2D eigenvalue weighted by Gasteiger charge is -2.05. The Balaban J connectivity index is 2.11. The van der Waals surface area contributed by atoms with Crippen LogP contribution in [0.25, 0.3) is 10.9 Å². The molecule has 0 bridgehead atoms. The largest absolute Gasteiger partial charge is 0.288 e. The van der Waals surface area contributed by atoms with Gasteiger partial charge in [-0.05, 0) is 24.3 Å². The number of hydrogen-bond acceptors (Lipinski definition) is 3. The summed E-state index contributed by atoms with van der Waals surface area (Å²) in [7, 11) is 0. The third-order valence-electron chi connectivity index (χ3n) is 2.93. The average Bonchev–Trinajstić information content (AvgIpc) is 2.47. The van der Waals surface area contributed by atoms with Crippen molar-refractivity contribution in [3.05, 3.63) is 70.1 Å². The molecular weight excluding hydrogens is 295 g/mol. The molecule has 0 fully saturated rings. The average molecular weight is 303 g/mol. The minimum Gasteiger partial charge on any atom is -0.288 e. The van der Waals surface area contributed by atoms with E-state index < -0.39 is 0 Å². The summed E-state index contributed by atoms with van der Waals surface area (Å²) in [5.74, 6) is -0.211. The third-order valence-corrected chi connectivity index (χ3v) is 3.53. The Morgan fingerprint density at radius 3 is 2.70 bits per heavy atom. The van der Waals surface area contributed by atoms with E-state index in [1.165, 1.54) is 12.4 Å². The Morgan fingerprint density at radius 1 is 1.05 bits per heavy atom. The number of aromatic nitrogens is 2. The normalized spacial score (nSPS) is 10.7. The number of fused-ring (bicyclic) bond motifs is 1. The second-order valence-corrected chi connectivity index (χ2v) is 4.97. The quantitative estimate of drug-likeness (QED) is 0.527. The van der Waals surface area contributed by atoms with E-state index in [2.05, 4.69) is 9.97 Å². The number of pyridine rings is 2. The summed E-state index contributed by atoms with van der Waals surface area (Å²) in [6.45, 7) is 0. The molecule has 0 saturated carbocycles. The van der Waals surface area contributed by atoms with Gasteiger partial charge in [-0.3, -0.25) is 9.78 Å². The van der Waals surface area contributed by atoms with Crippen LogP contribution in [0.15, 0.2) is 48.8 Å². The minimum absolute atomic E-state index is 0.184. The summed E-state index contributed by atoms with van der Waals surface area (Å²) < 4.78 is 0. The molecule has 20 heavy (non-hydrogen) atoms. The van der Waals surface area contributed by atoms with Crippen molar-refractivity contribution in [2.24, 2.45) is 0 Å². The van der Waals surface area contributed by atoms with Crippen molar-refractivity contribution < 1.29 is 4.79 Å². The lowest BCUT2D eigenvalue weighted by molar-refractivity contribution is 0.103. The first-order valence-electron chi connectivity index (χ1n) is 5.86. The maximum atomic E-state index is 12.4. The van der Waals surface area contributed by atoms with Crippen LogP contribution in [-0.2, 0) is 0 Å². The van der Waals surface area contributed by atoms with E-state index in [-0.39, 0.29) is 10.9 Å². The fourth-order valence-corrected chi connectivity index (χ4v) is 2.39. The highest BCUT2D eigenvalue weighted by Gasteiger charge is 2.14. The van der Waals surface area contributed by atoms with E-state index in [4.69, 9.17) is 23.2 Å². The summed E-state index contributed by atoms with van der Waals surface area (Å²) in [6, 6.07) is 10.5. The molecule has 0 atom stereocenters. The van der Waals surface area contributed by atoms with Crippen LogP contribution in [-0.4, -0.2) is 15.8 Å². The zero-order valence-electron chi connectivity index (χ0n) is 10.2. The van der Waals surface area contributed by atoms with Gasteiger partial charge in [0, 0.05) is 23.3 Å². The van der Waals surface area contributed by atoms with Gasteiger partial charge in [0.2, 0.25) is 0 Å². The van der Waals surface area contributed by atoms with Crippen LogP contribution in [0.5, 0.6) is 0 Å². The number of carbonyl (C=O) groups excluding carboxylic acids is 1. The molecule has 0 aliphatic carbocycles. The van der Waals surface area contributed by atoms with Crippen LogP contribution in [0.2, 0.25) is 10.2 Å². The molecule has 0 spiro atoms. The molecule has 2 aromatic heterocycles. The predicted molar refractivity (Wildman–Crippen MR) is 79.4 cm³/mol. The molecule has 2 heterocycles. The van der Waals surface area contributed by atoms with Crippen molar-refractivity contribution in [3.8, 4) is 0 Å². The molecule has 3 nitrogen and oxygen atoms in total. The maximum absolute atomic E-state index is 12.4. The van der Waals surface area contributed by atoms with Gasteiger partial charge < -0.3 is 0 Å². The van der Waals surface area contributed by atoms with Gasteiger partial charge in [0.15, 0.2) is 5.78 Å². The Kier molecular flexibility index (Phi) is 3.38. The molecular formula is C15H8Cl2N2O. The molecule has 0 aliphatic rings. The van der Waals surface area contributed by atoms with Gasteiger partial charge in [-0.2, -0.15) is 0 Å². The molecule has 0 radical (unpaired) electrons. The maximum Gasteiger partial charge on any atom is 0.197 e. The molecule has 0 saturated heterocycles. The molecule has 0 aliphatic heterocycles. The van der Waals surface area contributed by atoms with Crippen molar-refractivity contribution in [3.63, 3.8) is 0 Å². The van der Waals surface area contributed by atoms with Gasteiger partial charge in [-0.15, -0.1) is 0 Å². The fourth-order valence-electron chi connectivity index (χ4n) is 1.96. The number of benzene rings is 1. The van der Waals surface area contributed by atoms with Crippen LogP contribution in [0.3, 0.4) is 0 Å². The van der Waals surface area contributed by atoms with E-state index in [9.17, 15) is 4.79 Å². The molecule has 0 N–H and O–H groups in total. The van der Waals surface area contributed by atoms with Crippen LogP contribution in [0.1, 0.15) is 15.9 Å². The van der Waals surface area contributed by atoms with Gasteiger partial charge in [0.1, 0.15) is 5.15 Å². The SMILES string of the molecule is O=C(c1cnc2c(Cl)cccc2c1)c1cccnc1Cl. The summed E-state index contributed by atoms with van der Waals surface area (Å²) in [5, 5.41) is 1.55. The monoisotopic (exact) mass is 302 g/mol. The van der Waals surface area contributed by atoms with Crippen LogP contribution in [0, 0.1) is 0 Å². The van der Waals surface area contributed by atoms with E-state index >= 15 is 0 Å². The zero-order valence-corrected chi connectivity index (χ0v) is 11.7. The van der Waals surface area contributed by atoms with Crippen molar-refractivity contribution >= 4 is 39.9 Å². The highest BCUT2D eigenvalue weighted by molar-refractivity contribution is 6.35. The lowest BCUT2D eigenvalue weighted by atomic mass is 10.0. The standard InChI is InChI=1S/C15H8Cl2N2O/c16-12-5-1-3-9-7-10(8-19-13(9)12)14(20)11-4-2-6-18-15(11)17/h1-8H. The Morgan fingerprint density at radius 2 is 1.90 bits per heavy atom. The molecule has 1 aromatic carbocycles. The number of halogens is 2. The zero-order chi connectivity index (χ0) is 14.1. The van der Waals surface area contributed by atoms with Gasteiger partial charge in [0.05, 0.1) is 16.1 Å². The first-order chi connectivity index (χ1) is 9.66. The van der Waals surface area contributed by atoms with Gasteiger partial charge >= 0.3 is 0 Å². The van der Waals surface area contributed by atoms with E-state index in [1.807, 2.05) is 12.1 Å². The lowest BCUT2D eigenvalue weighted by Crippen LogP contribution is -2.03. The fraction of sp³-hybridized carbons (Fsp3) is 0. The van der Waals surface area contributed by atoms with Crippen molar-refractivity contribution in [1.29, 1.82) is 0 Å². The number of nitrogens with zero attached hydrogens (tertiary/aromatic N) is 2. The molecule has 3 rings (SSSR count). The van der Waals surface area contributed by atoms with Crippen LogP contribution >= 0.6 is 23.2 Å². The first-order valence-corrected chi connectivity index (χ1v) is 6.62. The first kappa shape index (κ1) is 13.0. The van der Waals surface area contributed by atoms with E-state index in [1.54, 1.807) is 24.3 Å². The van der Waals surface area contributed by atoms with E-state index in [0.717, 1.165) is 5.39 Å². The smallest absolute Gasteiger partial charge is 0.197 e. The highest BCUT2D eigenvalue weighted by atomic mass is 35.5. The van der Waals surface area contributed by atoms with Gasteiger partial charge in [0.25, 0.3) is 0 Å². The summed E-state index contributed by atoms with van der Waals surface area (Å²) in [4.78, 5) is 20.5. The minimum atomic E-state index is -0.211. The number of ketones is 1. The molecule has 5 heteroatoms. The van der Waals surface area contributed by atoms with Gasteiger partial charge in [-0.1, -0.05) is 35.3 Å². The third kappa shape index (κ3) is 2.26. The predicted octanol–water partition coefficient (Wildman–Crippen LogP) is 4.17. The Hall–Kier alpha value is -1.97. The van der Waals surface area contributed by atoms with Crippen molar-refractivity contribution in [2.45, 2.75) is 0 Å². The second kappa shape index (κ2) is 5.19. The Bertz CT molecular complexity index is 818. The van der Waals surface area contributed by atoms with Crippen LogP contribution < -0.4 is 0 Å². The van der Waals surface area contributed by atoms with Crippen molar-refractivity contribution in [2.75, 3.05) is 0 Å². The molecule has 0 unspecified atom stereocenters. The topological polar surface area (TPSA) is 42.9 Å². The molecule has 3 aromatic rings. The molecule has 98 valence electrons. The Labute approximate surface area is 125 Å². The number of carbonyl (C=O) groups is 1. The number of hydrogen-bond donors (Lipinski definition) is 0. The van der Waals surface area contributed by atoms with E-state index in [0.29, 0.717) is 21.7 Å². The molecule has 0 amide bonds. The number of para-hydroxylation sites is 1.